The van der Waals surface area contributed by atoms with Crippen LogP contribution in [0.25, 0.3) is 0 Å². The molecule has 0 unspecified atom stereocenters. The molecule has 0 amide bonds. The van der Waals surface area contributed by atoms with Crippen LogP contribution < -0.4 is 5.73 Å². The summed E-state index contributed by atoms with van der Waals surface area (Å²) in [7, 11) is 0. The van der Waals surface area contributed by atoms with Crippen LogP contribution in [0.3, 0.4) is 0 Å². The van der Waals surface area contributed by atoms with Crippen LogP contribution in [0.4, 0.5) is 0 Å². The molecule has 0 aromatic rings. The van der Waals surface area contributed by atoms with Crippen LogP contribution in [0.2, 0.25) is 0 Å². The van der Waals surface area contributed by atoms with Crippen LogP contribution >= 0.6 is 0 Å². The lowest BCUT2D eigenvalue weighted by molar-refractivity contribution is -0.162. The van der Waals surface area contributed by atoms with Crippen LogP contribution in [0.15, 0.2) is 0 Å². The van der Waals surface area contributed by atoms with Gasteiger partial charge in [0.2, 0.25) is 0 Å². The number of likely N-dealkylation sites (tertiary alicyclic amines) is 1. The van der Waals surface area contributed by atoms with Gasteiger partial charge in [-0.2, -0.15) is 0 Å². The van der Waals surface area contributed by atoms with Gasteiger partial charge >= 0.3 is 5.97 Å². The average Bonchev–Trinajstić information content (AvgIpc) is 2.15. The third-order valence-corrected chi connectivity index (χ3v) is 2.53. The lowest BCUT2D eigenvalue weighted by Gasteiger charge is -2.34. The van der Waals surface area contributed by atoms with E-state index in [0.717, 1.165) is 25.8 Å². The van der Waals surface area contributed by atoms with Gasteiger partial charge in [-0.05, 0) is 33.6 Å². The largest absolute Gasteiger partial charge is 0.459 e. The molecule has 0 aromatic carbocycles. The van der Waals surface area contributed by atoms with Gasteiger partial charge in [-0.25, -0.2) is 0 Å². The number of esters is 1. The van der Waals surface area contributed by atoms with Gasteiger partial charge in [-0.3, -0.25) is 9.69 Å². The molecule has 1 fully saturated rings. The van der Waals surface area contributed by atoms with E-state index in [1.165, 1.54) is 0 Å². The highest BCUT2D eigenvalue weighted by atomic mass is 16.6. The Kier molecular flexibility index (Phi) is 4.11. The molecule has 0 radical (unpaired) electrons. The van der Waals surface area contributed by atoms with Crippen LogP contribution in [-0.4, -0.2) is 35.7 Å². The first kappa shape index (κ1) is 12.5. The quantitative estimate of drug-likeness (QED) is 0.699. The number of carbonyl (C=O) groups is 1. The molecule has 0 aromatic heterocycles. The molecule has 4 nitrogen and oxygen atoms in total. The normalized spacial score (nSPS) is 23.9. The summed E-state index contributed by atoms with van der Waals surface area (Å²) in [6.45, 7) is 7.01. The van der Waals surface area contributed by atoms with Gasteiger partial charge in [0.05, 0.1) is 0 Å². The van der Waals surface area contributed by atoms with Gasteiger partial charge in [0.1, 0.15) is 11.6 Å². The summed E-state index contributed by atoms with van der Waals surface area (Å²) >= 11 is 0. The van der Waals surface area contributed by atoms with Crippen molar-refractivity contribution in [3.8, 4) is 0 Å². The fraction of sp³-hybridized carbons (Fsp3) is 0.909. The molecule has 0 aliphatic carbocycles. The van der Waals surface area contributed by atoms with Crippen molar-refractivity contribution >= 4 is 5.97 Å². The zero-order chi connectivity index (χ0) is 11.5. The fourth-order valence-corrected chi connectivity index (χ4v) is 1.85. The third kappa shape index (κ3) is 3.80. The van der Waals surface area contributed by atoms with Crippen LogP contribution in [0.1, 0.15) is 40.0 Å². The minimum atomic E-state index is -0.408. The molecule has 1 aliphatic rings. The standard InChI is InChI=1S/C11H22N2O2/c1-11(2,3)15-10(14)9-6-4-5-7-13(9)8-12/h9H,4-8,12H2,1-3H3/t9-/m0/s1. The van der Waals surface area contributed by atoms with Gasteiger partial charge in [0, 0.05) is 13.2 Å². The van der Waals surface area contributed by atoms with Crippen LogP contribution in [0, 0.1) is 0 Å². The summed E-state index contributed by atoms with van der Waals surface area (Å²) < 4.78 is 5.37. The van der Waals surface area contributed by atoms with Crippen molar-refractivity contribution in [3.63, 3.8) is 0 Å². The molecule has 0 saturated carbocycles. The van der Waals surface area contributed by atoms with E-state index in [-0.39, 0.29) is 12.0 Å². The van der Waals surface area contributed by atoms with Crippen molar-refractivity contribution in [2.45, 2.75) is 51.7 Å². The number of carbonyl (C=O) groups excluding carboxylic acids is 1. The average molecular weight is 214 g/mol. The van der Waals surface area contributed by atoms with Crippen molar-refractivity contribution in [2.75, 3.05) is 13.2 Å². The Morgan fingerprint density at radius 1 is 1.47 bits per heavy atom. The van der Waals surface area contributed by atoms with Crippen molar-refractivity contribution in [1.29, 1.82) is 0 Å². The van der Waals surface area contributed by atoms with E-state index < -0.39 is 5.60 Å². The zero-order valence-electron chi connectivity index (χ0n) is 9.95. The molecule has 4 heteroatoms. The molecule has 1 atom stereocenters. The SMILES string of the molecule is CC(C)(C)OC(=O)[C@@H]1CCCCN1CN. The highest BCUT2D eigenvalue weighted by molar-refractivity contribution is 5.76. The Morgan fingerprint density at radius 2 is 2.13 bits per heavy atom. The monoisotopic (exact) mass is 214 g/mol. The van der Waals surface area contributed by atoms with Gasteiger partial charge in [0.15, 0.2) is 0 Å². The first-order chi connectivity index (χ1) is 6.94. The minimum absolute atomic E-state index is 0.132. The molecule has 88 valence electrons. The number of nitrogens with two attached hydrogens (primary N) is 1. The predicted molar refractivity (Wildman–Crippen MR) is 59.2 cm³/mol. The Morgan fingerprint density at radius 3 is 2.67 bits per heavy atom. The lowest BCUT2D eigenvalue weighted by atomic mass is 10.0. The first-order valence-corrected chi connectivity index (χ1v) is 5.61. The highest BCUT2D eigenvalue weighted by Gasteiger charge is 2.31. The van der Waals surface area contributed by atoms with Crippen molar-refractivity contribution in [3.05, 3.63) is 0 Å². The Balaban J connectivity index is 2.56. The van der Waals surface area contributed by atoms with Crippen molar-refractivity contribution in [2.24, 2.45) is 5.73 Å². The first-order valence-electron chi connectivity index (χ1n) is 5.61. The molecule has 0 spiro atoms. The summed E-state index contributed by atoms with van der Waals surface area (Å²) in [4.78, 5) is 13.9. The maximum Gasteiger partial charge on any atom is 0.323 e. The fourth-order valence-electron chi connectivity index (χ4n) is 1.85. The highest BCUT2D eigenvalue weighted by Crippen LogP contribution is 2.19. The van der Waals surface area contributed by atoms with E-state index in [9.17, 15) is 4.79 Å². The number of piperidine rings is 1. The van der Waals surface area contributed by atoms with E-state index in [4.69, 9.17) is 10.5 Å². The van der Waals surface area contributed by atoms with Gasteiger partial charge in [-0.15, -0.1) is 0 Å². The summed E-state index contributed by atoms with van der Waals surface area (Å²) in [5.74, 6) is -0.132. The number of hydrogen-bond acceptors (Lipinski definition) is 4. The van der Waals surface area contributed by atoms with Gasteiger partial charge < -0.3 is 10.5 Å². The lowest BCUT2D eigenvalue weighted by Crippen LogP contribution is -2.49. The maximum absolute atomic E-state index is 11.9. The van der Waals surface area contributed by atoms with E-state index in [0.29, 0.717) is 6.67 Å². The smallest absolute Gasteiger partial charge is 0.323 e. The molecule has 1 rings (SSSR count). The van der Waals surface area contributed by atoms with Crippen molar-refractivity contribution < 1.29 is 9.53 Å². The summed E-state index contributed by atoms with van der Waals surface area (Å²) in [5.41, 5.74) is 5.21. The predicted octanol–water partition coefficient (Wildman–Crippen LogP) is 1.10. The van der Waals surface area contributed by atoms with E-state index >= 15 is 0 Å². The molecule has 1 aliphatic heterocycles. The topological polar surface area (TPSA) is 55.6 Å². The summed E-state index contributed by atoms with van der Waals surface area (Å²) in [6.07, 6.45) is 3.07. The van der Waals surface area contributed by atoms with Gasteiger partial charge in [0.25, 0.3) is 0 Å². The number of hydrogen-bond donors (Lipinski definition) is 1. The molecular formula is C11H22N2O2. The third-order valence-electron chi connectivity index (χ3n) is 2.53. The second-order valence-corrected chi connectivity index (χ2v) is 5.04. The molecule has 2 N–H and O–H groups in total. The number of rotatable bonds is 2. The van der Waals surface area contributed by atoms with E-state index in [2.05, 4.69) is 0 Å². The van der Waals surface area contributed by atoms with Crippen LogP contribution in [-0.2, 0) is 9.53 Å². The zero-order valence-corrected chi connectivity index (χ0v) is 9.95. The molecule has 1 saturated heterocycles. The molecule has 0 bridgehead atoms. The Hall–Kier alpha value is -0.610. The molecule has 1 heterocycles. The van der Waals surface area contributed by atoms with E-state index in [1.54, 1.807) is 0 Å². The molecule has 15 heavy (non-hydrogen) atoms. The maximum atomic E-state index is 11.9. The Labute approximate surface area is 91.8 Å². The number of ether oxygens (including phenoxy) is 1. The van der Waals surface area contributed by atoms with Gasteiger partial charge in [-0.1, -0.05) is 6.42 Å². The summed E-state index contributed by atoms with van der Waals surface area (Å²) in [5, 5.41) is 0. The Bertz CT molecular complexity index is 223. The second kappa shape index (κ2) is 4.94. The number of nitrogens with zero attached hydrogens (tertiary/aromatic N) is 1. The minimum Gasteiger partial charge on any atom is -0.459 e. The van der Waals surface area contributed by atoms with E-state index in [1.807, 2.05) is 25.7 Å². The summed E-state index contributed by atoms with van der Waals surface area (Å²) in [6, 6.07) is -0.136. The molecular weight excluding hydrogens is 192 g/mol. The second-order valence-electron chi connectivity index (χ2n) is 5.04. The van der Waals surface area contributed by atoms with Crippen molar-refractivity contribution in [1.82, 2.24) is 4.90 Å². The van der Waals surface area contributed by atoms with Crippen LogP contribution in [0.5, 0.6) is 0 Å².